The Hall–Kier alpha value is -3.81. The molecule has 0 saturated heterocycles. The fourth-order valence-electron chi connectivity index (χ4n) is 3.85. The molecule has 1 heterocycles. The number of aliphatic imine (C=N–C) groups is 1. The highest BCUT2D eigenvalue weighted by Crippen LogP contribution is 2.37. The molecule has 1 unspecified atom stereocenters. The summed E-state index contributed by atoms with van der Waals surface area (Å²) in [5, 5.41) is 6.16. The van der Waals surface area contributed by atoms with Gasteiger partial charge in [-0.2, -0.15) is 0 Å². The first-order valence-electron chi connectivity index (χ1n) is 10.8. The standard InChI is InChI=1S/C26H26N4O3/c1-33-26(32)19-9-12-21-22(15-19)30-25(31)23(21)24(18-5-3-2-4-6-18)29-20-10-7-17(8-11-20)16-28-14-13-27/h2-12,15,23,28H,13-14,16,27H2,1H3,(H,30,31). The molecule has 3 aromatic carbocycles. The quantitative estimate of drug-likeness (QED) is 0.282. The lowest BCUT2D eigenvalue weighted by Crippen LogP contribution is -2.22. The largest absolute Gasteiger partial charge is 0.465 e. The van der Waals surface area contributed by atoms with Crippen LogP contribution in [0.2, 0.25) is 0 Å². The Labute approximate surface area is 192 Å². The van der Waals surface area contributed by atoms with Gasteiger partial charge in [0.15, 0.2) is 0 Å². The maximum atomic E-state index is 13.1. The first-order valence-corrected chi connectivity index (χ1v) is 10.8. The Bertz CT molecular complexity index is 1170. The number of nitrogens with two attached hydrogens (primary N) is 1. The van der Waals surface area contributed by atoms with Crippen LogP contribution < -0.4 is 16.4 Å². The fraction of sp³-hybridized carbons (Fsp3) is 0.192. The van der Waals surface area contributed by atoms with E-state index in [-0.39, 0.29) is 5.91 Å². The van der Waals surface area contributed by atoms with Crippen LogP contribution in [-0.2, 0) is 16.1 Å². The number of nitrogens with zero attached hydrogens (tertiary/aromatic N) is 1. The predicted octanol–water partition coefficient (Wildman–Crippen LogP) is 3.38. The van der Waals surface area contributed by atoms with E-state index >= 15 is 0 Å². The highest BCUT2D eigenvalue weighted by Gasteiger charge is 2.35. The Morgan fingerprint density at radius 1 is 1.06 bits per heavy atom. The maximum Gasteiger partial charge on any atom is 0.337 e. The summed E-state index contributed by atoms with van der Waals surface area (Å²) in [4.78, 5) is 29.9. The van der Waals surface area contributed by atoms with Crippen LogP contribution in [0.1, 0.15) is 33.0 Å². The van der Waals surface area contributed by atoms with Gasteiger partial charge in [0.1, 0.15) is 5.92 Å². The van der Waals surface area contributed by atoms with Gasteiger partial charge in [0.25, 0.3) is 0 Å². The predicted molar refractivity (Wildman–Crippen MR) is 129 cm³/mol. The second-order valence-electron chi connectivity index (χ2n) is 7.71. The summed E-state index contributed by atoms with van der Waals surface area (Å²) in [6, 6.07) is 22.7. The summed E-state index contributed by atoms with van der Waals surface area (Å²) >= 11 is 0. The summed E-state index contributed by atoms with van der Waals surface area (Å²) in [5.74, 6) is -1.23. The number of hydrogen-bond donors (Lipinski definition) is 3. The zero-order valence-corrected chi connectivity index (χ0v) is 18.4. The van der Waals surface area contributed by atoms with E-state index in [4.69, 9.17) is 15.5 Å². The average Bonchev–Trinajstić information content (AvgIpc) is 3.18. The number of carbonyl (C=O) groups excluding carboxylic acids is 2. The van der Waals surface area contributed by atoms with E-state index in [1.165, 1.54) is 7.11 Å². The number of rotatable bonds is 8. The molecular weight excluding hydrogens is 416 g/mol. The van der Waals surface area contributed by atoms with Crippen molar-refractivity contribution in [1.29, 1.82) is 0 Å². The van der Waals surface area contributed by atoms with Gasteiger partial charge >= 0.3 is 5.97 Å². The van der Waals surface area contributed by atoms with Gasteiger partial charge in [0, 0.05) is 25.3 Å². The van der Waals surface area contributed by atoms with Crippen molar-refractivity contribution < 1.29 is 14.3 Å². The van der Waals surface area contributed by atoms with Gasteiger partial charge in [-0.15, -0.1) is 0 Å². The number of carbonyl (C=O) groups is 2. The van der Waals surface area contributed by atoms with Crippen molar-refractivity contribution >= 4 is 29.0 Å². The van der Waals surface area contributed by atoms with Gasteiger partial charge in [-0.05, 0) is 41.0 Å². The SMILES string of the molecule is COC(=O)c1ccc2c(c1)NC(=O)C2C(=Nc1ccc(CNCCN)cc1)c1ccccc1. The Morgan fingerprint density at radius 2 is 1.82 bits per heavy atom. The van der Waals surface area contributed by atoms with E-state index < -0.39 is 11.9 Å². The lowest BCUT2D eigenvalue weighted by molar-refractivity contribution is -0.115. The molecule has 1 aliphatic heterocycles. The zero-order chi connectivity index (χ0) is 23.2. The number of benzene rings is 3. The van der Waals surface area contributed by atoms with Crippen molar-refractivity contribution in [3.05, 3.63) is 95.1 Å². The van der Waals surface area contributed by atoms with Crippen molar-refractivity contribution in [1.82, 2.24) is 5.32 Å². The van der Waals surface area contributed by atoms with Crippen LogP contribution in [-0.4, -0.2) is 37.8 Å². The van der Waals surface area contributed by atoms with E-state index in [9.17, 15) is 9.59 Å². The highest BCUT2D eigenvalue weighted by atomic mass is 16.5. The number of nitrogens with one attached hydrogen (secondary N) is 2. The minimum Gasteiger partial charge on any atom is -0.465 e. The molecule has 7 nitrogen and oxygen atoms in total. The van der Waals surface area contributed by atoms with Crippen LogP contribution >= 0.6 is 0 Å². The van der Waals surface area contributed by atoms with Gasteiger partial charge in [-0.25, -0.2) is 4.79 Å². The van der Waals surface area contributed by atoms with Gasteiger partial charge in [0.05, 0.1) is 24.1 Å². The monoisotopic (exact) mass is 442 g/mol. The molecule has 4 rings (SSSR count). The number of amides is 1. The molecule has 0 aromatic heterocycles. The number of ether oxygens (including phenoxy) is 1. The van der Waals surface area contributed by atoms with Crippen LogP contribution in [0.15, 0.2) is 77.8 Å². The molecule has 0 fully saturated rings. The third kappa shape index (κ3) is 5.00. The topological polar surface area (TPSA) is 106 Å². The molecule has 0 bridgehead atoms. The molecule has 168 valence electrons. The number of hydrogen-bond acceptors (Lipinski definition) is 6. The smallest absolute Gasteiger partial charge is 0.337 e. The fourth-order valence-corrected chi connectivity index (χ4v) is 3.85. The lowest BCUT2D eigenvalue weighted by atomic mass is 9.90. The van der Waals surface area contributed by atoms with Gasteiger partial charge in [-0.1, -0.05) is 48.5 Å². The summed E-state index contributed by atoms with van der Waals surface area (Å²) in [7, 11) is 1.33. The van der Waals surface area contributed by atoms with Crippen molar-refractivity contribution in [2.24, 2.45) is 10.7 Å². The third-order valence-electron chi connectivity index (χ3n) is 5.48. The second kappa shape index (κ2) is 10.2. The first-order chi connectivity index (χ1) is 16.1. The highest BCUT2D eigenvalue weighted by molar-refractivity contribution is 6.24. The maximum absolute atomic E-state index is 13.1. The molecule has 0 saturated carbocycles. The molecular formula is C26H26N4O3. The molecule has 7 heteroatoms. The van der Waals surface area contributed by atoms with E-state index in [1.54, 1.807) is 18.2 Å². The Kier molecular flexibility index (Phi) is 6.92. The Balaban J connectivity index is 1.71. The van der Waals surface area contributed by atoms with Crippen molar-refractivity contribution in [2.45, 2.75) is 12.5 Å². The number of anilines is 1. The third-order valence-corrected chi connectivity index (χ3v) is 5.48. The molecule has 0 spiro atoms. The van der Waals surface area contributed by atoms with E-state index in [0.29, 0.717) is 23.5 Å². The molecule has 0 radical (unpaired) electrons. The van der Waals surface area contributed by atoms with Crippen LogP contribution in [0.3, 0.4) is 0 Å². The molecule has 1 aliphatic rings. The van der Waals surface area contributed by atoms with Gasteiger partial charge in [0.2, 0.25) is 5.91 Å². The van der Waals surface area contributed by atoms with Crippen molar-refractivity contribution in [2.75, 3.05) is 25.5 Å². The summed E-state index contributed by atoms with van der Waals surface area (Å²) in [5.41, 5.74) is 10.7. The number of fused-ring (bicyclic) bond motifs is 1. The molecule has 3 aromatic rings. The van der Waals surface area contributed by atoms with Crippen LogP contribution in [0.25, 0.3) is 0 Å². The van der Waals surface area contributed by atoms with Crippen LogP contribution in [0, 0.1) is 0 Å². The Morgan fingerprint density at radius 3 is 2.52 bits per heavy atom. The number of methoxy groups -OCH3 is 1. The van der Waals surface area contributed by atoms with E-state index in [1.807, 2.05) is 54.6 Å². The minimum atomic E-state index is -0.597. The molecule has 0 aliphatic carbocycles. The summed E-state index contributed by atoms with van der Waals surface area (Å²) in [6.07, 6.45) is 0. The minimum absolute atomic E-state index is 0.183. The van der Waals surface area contributed by atoms with E-state index in [2.05, 4.69) is 10.6 Å². The lowest BCUT2D eigenvalue weighted by Gasteiger charge is -2.14. The second-order valence-corrected chi connectivity index (χ2v) is 7.71. The summed E-state index contributed by atoms with van der Waals surface area (Å²) in [6.45, 7) is 2.08. The number of esters is 1. The molecule has 1 atom stereocenters. The average molecular weight is 443 g/mol. The first kappa shape index (κ1) is 22.4. The molecule has 33 heavy (non-hydrogen) atoms. The van der Waals surface area contributed by atoms with Gasteiger partial charge < -0.3 is 21.1 Å². The molecule has 1 amide bonds. The van der Waals surface area contributed by atoms with Crippen molar-refractivity contribution in [3.63, 3.8) is 0 Å². The van der Waals surface area contributed by atoms with Crippen LogP contribution in [0.5, 0.6) is 0 Å². The van der Waals surface area contributed by atoms with Crippen molar-refractivity contribution in [3.8, 4) is 0 Å². The molecule has 4 N–H and O–H groups in total. The van der Waals surface area contributed by atoms with Gasteiger partial charge in [-0.3, -0.25) is 9.79 Å². The normalized spacial score (nSPS) is 15.2. The van der Waals surface area contributed by atoms with E-state index in [0.717, 1.165) is 35.5 Å². The summed E-state index contributed by atoms with van der Waals surface area (Å²) < 4.78 is 4.80. The zero-order valence-electron chi connectivity index (χ0n) is 18.4. The van der Waals surface area contributed by atoms with Crippen LogP contribution in [0.4, 0.5) is 11.4 Å².